The molecule has 41 heavy (non-hydrogen) atoms. The number of rotatable bonds is 7. The number of hydrogen-bond acceptors (Lipinski definition) is 6. The predicted molar refractivity (Wildman–Crippen MR) is 151 cm³/mol. The number of anilines is 2. The maximum Gasteiger partial charge on any atom is 0.490 e. The highest BCUT2D eigenvalue weighted by molar-refractivity contribution is 7.92. The monoisotopic (exact) mass is 598 g/mol. The fourth-order valence-electron chi connectivity index (χ4n) is 4.87. The van der Waals surface area contributed by atoms with E-state index in [1.807, 2.05) is 32.0 Å². The zero-order valence-electron chi connectivity index (χ0n) is 23.1. The van der Waals surface area contributed by atoms with Crippen LogP contribution in [0, 0.1) is 0 Å². The van der Waals surface area contributed by atoms with E-state index < -0.39 is 22.2 Å². The van der Waals surface area contributed by atoms with Crippen LogP contribution in [0.2, 0.25) is 0 Å². The van der Waals surface area contributed by atoms with E-state index in [2.05, 4.69) is 20.3 Å². The molecule has 0 unspecified atom stereocenters. The van der Waals surface area contributed by atoms with Crippen LogP contribution in [0.5, 0.6) is 0 Å². The minimum Gasteiger partial charge on any atom is -0.475 e. The number of carboxylic acid groups (broad SMARTS) is 1. The van der Waals surface area contributed by atoms with Gasteiger partial charge in [0.25, 0.3) is 15.9 Å². The molecule has 1 heterocycles. The smallest absolute Gasteiger partial charge is 0.475 e. The number of carbonyl (C=O) groups is 2. The lowest BCUT2D eigenvalue weighted by atomic mass is 9.84. The maximum absolute atomic E-state index is 13.1. The van der Waals surface area contributed by atoms with Crippen LogP contribution in [0.3, 0.4) is 0 Å². The molecule has 1 saturated carbocycles. The van der Waals surface area contributed by atoms with Gasteiger partial charge in [-0.1, -0.05) is 31.4 Å². The number of alkyl halides is 3. The predicted octanol–water partition coefficient (Wildman–Crippen LogP) is 4.72. The first-order chi connectivity index (χ1) is 19.3. The van der Waals surface area contributed by atoms with Crippen molar-refractivity contribution in [3.05, 3.63) is 53.6 Å². The van der Waals surface area contributed by atoms with Gasteiger partial charge in [-0.05, 0) is 68.5 Å². The molecule has 9 nitrogen and oxygen atoms in total. The third kappa shape index (κ3) is 9.35. The molecule has 2 aromatic carbocycles. The summed E-state index contributed by atoms with van der Waals surface area (Å²) < 4.78 is 60.6. The Kier molecular flexibility index (Phi) is 11.0. The molecule has 1 saturated heterocycles. The molecule has 4 N–H and O–H groups in total. The summed E-state index contributed by atoms with van der Waals surface area (Å²) >= 11 is 0. The summed E-state index contributed by atoms with van der Waals surface area (Å²) in [5, 5.41) is 13.4. The van der Waals surface area contributed by atoms with Crippen molar-refractivity contribution < 1.29 is 36.3 Å². The maximum atomic E-state index is 13.1. The number of amides is 1. The van der Waals surface area contributed by atoms with Gasteiger partial charge in [0.1, 0.15) is 0 Å². The quantitative estimate of drug-likeness (QED) is 0.363. The van der Waals surface area contributed by atoms with Gasteiger partial charge < -0.3 is 20.6 Å². The van der Waals surface area contributed by atoms with Crippen LogP contribution in [0.15, 0.2) is 47.4 Å². The normalized spacial score (nSPS) is 16.5. The van der Waals surface area contributed by atoms with Crippen LogP contribution < -0.4 is 20.3 Å². The molecule has 226 valence electrons. The Morgan fingerprint density at radius 2 is 1.59 bits per heavy atom. The average Bonchev–Trinajstić information content (AvgIpc) is 2.93. The molecule has 2 fully saturated rings. The van der Waals surface area contributed by atoms with E-state index in [1.54, 1.807) is 24.3 Å². The largest absolute Gasteiger partial charge is 0.490 e. The van der Waals surface area contributed by atoms with Crippen LogP contribution in [0.4, 0.5) is 24.5 Å². The van der Waals surface area contributed by atoms with Crippen LogP contribution in [-0.4, -0.2) is 63.8 Å². The van der Waals surface area contributed by atoms with Crippen LogP contribution >= 0.6 is 0 Å². The van der Waals surface area contributed by atoms with Crippen molar-refractivity contribution in [2.24, 2.45) is 0 Å². The number of aliphatic carboxylic acids is 1. The van der Waals surface area contributed by atoms with E-state index in [1.165, 1.54) is 37.7 Å². The molecule has 0 spiro atoms. The molecule has 0 radical (unpaired) electrons. The molecule has 13 heteroatoms. The van der Waals surface area contributed by atoms with Gasteiger partial charge in [0.05, 0.1) is 10.5 Å². The Balaban J connectivity index is 0.000000587. The second kappa shape index (κ2) is 14.0. The third-order valence-corrected chi connectivity index (χ3v) is 8.28. The standard InChI is InChI=1S/C26H36N4O3S.C2HF3O2/c1-19(2)28-26(31)24-18-22(10-13-25(24)30-16-14-27-15-17-30)29-34(32,33)23-11-8-21(9-12-23)20-6-4-3-5-7-20;3-2(4,5)1(6)7/h8-13,18-20,27,29H,3-7,14-17H2,1-2H3,(H,28,31);(H,6,7). The van der Waals surface area contributed by atoms with Gasteiger partial charge in [-0.3, -0.25) is 9.52 Å². The lowest BCUT2D eigenvalue weighted by molar-refractivity contribution is -0.192. The van der Waals surface area contributed by atoms with Crippen molar-refractivity contribution in [1.29, 1.82) is 0 Å². The number of nitrogens with one attached hydrogen (secondary N) is 3. The third-order valence-electron chi connectivity index (χ3n) is 6.88. The summed E-state index contributed by atoms with van der Waals surface area (Å²) in [5.41, 5.74) is 2.89. The van der Waals surface area contributed by atoms with E-state index in [0.717, 1.165) is 31.9 Å². The van der Waals surface area contributed by atoms with Gasteiger partial charge >= 0.3 is 12.1 Å². The van der Waals surface area contributed by atoms with Gasteiger partial charge in [-0.15, -0.1) is 0 Å². The van der Waals surface area contributed by atoms with E-state index in [4.69, 9.17) is 9.90 Å². The highest BCUT2D eigenvalue weighted by Gasteiger charge is 2.38. The lowest BCUT2D eigenvalue weighted by Crippen LogP contribution is -2.44. The summed E-state index contributed by atoms with van der Waals surface area (Å²) in [4.78, 5) is 24.2. The molecular weight excluding hydrogens is 561 g/mol. The first-order valence-electron chi connectivity index (χ1n) is 13.6. The molecule has 1 amide bonds. The molecule has 0 atom stereocenters. The SMILES string of the molecule is CC(C)NC(=O)c1cc(NS(=O)(=O)c2ccc(C3CCCCC3)cc2)ccc1N1CCNCC1.O=C(O)C(F)(F)F. The molecule has 4 rings (SSSR count). The fourth-order valence-corrected chi connectivity index (χ4v) is 5.92. The number of piperazine rings is 1. The molecule has 1 aliphatic heterocycles. The van der Waals surface area contributed by atoms with Crippen molar-refractivity contribution in [2.45, 2.75) is 69.0 Å². The van der Waals surface area contributed by atoms with Gasteiger partial charge in [-0.25, -0.2) is 13.2 Å². The Morgan fingerprint density at radius 3 is 2.12 bits per heavy atom. The second-order valence-corrected chi connectivity index (χ2v) is 12.1. The minimum absolute atomic E-state index is 0.0219. The molecule has 2 aromatic rings. The Labute approximate surface area is 238 Å². The number of benzene rings is 2. The molecule has 0 bridgehead atoms. The first kappa shape index (κ1) is 32.2. The number of hydrogen-bond donors (Lipinski definition) is 4. The molecule has 0 aromatic heterocycles. The Bertz CT molecular complexity index is 1290. The summed E-state index contributed by atoms with van der Waals surface area (Å²) in [6.45, 7) is 7.09. The Morgan fingerprint density at radius 1 is 1.00 bits per heavy atom. The summed E-state index contributed by atoms with van der Waals surface area (Å²) in [5.74, 6) is -2.44. The summed E-state index contributed by atoms with van der Waals surface area (Å²) in [6, 6.07) is 12.5. The van der Waals surface area contributed by atoms with Crippen molar-refractivity contribution in [3.63, 3.8) is 0 Å². The number of sulfonamides is 1. The summed E-state index contributed by atoms with van der Waals surface area (Å²) in [6.07, 6.45) is 1.03. The van der Waals surface area contributed by atoms with Crippen molar-refractivity contribution >= 4 is 33.3 Å². The lowest BCUT2D eigenvalue weighted by Gasteiger charge is -2.31. The molecular formula is C28H37F3N4O5S. The molecule has 2 aliphatic rings. The number of halogens is 3. The van der Waals surface area contributed by atoms with Crippen LogP contribution in [0.1, 0.15) is 67.8 Å². The van der Waals surface area contributed by atoms with E-state index in [-0.39, 0.29) is 16.8 Å². The first-order valence-corrected chi connectivity index (χ1v) is 15.1. The fraction of sp³-hybridized carbons (Fsp3) is 0.500. The van der Waals surface area contributed by atoms with E-state index in [9.17, 15) is 26.4 Å². The van der Waals surface area contributed by atoms with Crippen molar-refractivity contribution in [2.75, 3.05) is 35.8 Å². The van der Waals surface area contributed by atoms with Gasteiger partial charge in [0.2, 0.25) is 0 Å². The van der Waals surface area contributed by atoms with Gasteiger partial charge in [0.15, 0.2) is 0 Å². The van der Waals surface area contributed by atoms with Gasteiger partial charge in [0, 0.05) is 43.6 Å². The van der Waals surface area contributed by atoms with E-state index in [0.29, 0.717) is 17.2 Å². The topological polar surface area (TPSA) is 128 Å². The van der Waals surface area contributed by atoms with Gasteiger partial charge in [-0.2, -0.15) is 13.2 Å². The average molecular weight is 599 g/mol. The minimum atomic E-state index is -5.08. The molecule has 1 aliphatic carbocycles. The number of carbonyl (C=O) groups excluding carboxylic acids is 1. The second-order valence-electron chi connectivity index (χ2n) is 10.4. The highest BCUT2D eigenvalue weighted by atomic mass is 32.2. The Hall–Kier alpha value is -3.32. The zero-order valence-corrected chi connectivity index (χ0v) is 23.9. The van der Waals surface area contributed by atoms with Crippen molar-refractivity contribution in [3.8, 4) is 0 Å². The summed E-state index contributed by atoms with van der Waals surface area (Å²) in [7, 11) is -3.77. The van der Waals surface area contributed by atoms with Crippen LogP contribution in [-0.2, 0) is 14.8 Å². The van der Waals surface area contributed by atoms with E-state index >= 15 is 0 Å². The zero-order chi connectivity index (χ0) is 30.2. The highest BCUT2D eigenvalue weighted by Crippen LogP contribution is 2.33. The van der Waals surface area contributed by atoms with Crippen molar-refractivity contribution in [1.82, 2.24) is 10.6 Å². The number of nitrogens with zero attached hydrogens (tertiary/aromatic N) is 1. The number of carboxylic acids is 1. The van der Waals surface area contributed by atoms with Crippen LogP contribution in [0.25, 0.3) is 0 Å².